The first-order chi connectivity index (χ1) is 14.0. The summed E-state index contributed by atoms with van der Waals surface area (Å²) in [4.78, 5) is 26.6. The molecule has 0 aromatic heterocycles. The van der Waals surface area contributed by atoms with Gasteiger partial charge in [-0.05, 0) is 55.6 Å². The monoisotopic (exact) mass is 415 g/mol. The standard InChI is InChI=1S/C22H26ClN3O3/c1-29-20-8-7-18(13-19(20)23)25-22(28)21(27)24-14-16-9-11-26(12-10-16)15-17-5-3-2-4-6-17/h2-8,13,16H,9-12,14-15H2,1H3,(H,24,27)(H,25,28). The van der Waals surface area contributed by atoms with Crippen molar-refractivity contribution in [2.24, 2.45) is 5.92 Å². The van der Waals surface area contributed by atoms with Crippen LogP contribution in [-0.2, 0) is 16.1 Å². The van der Waals surface area contributed by atoms with Crippen LogP contribution in [0.3, 0.4) is 0 Å². The van der Waals surface area contributed by atoms with E-state index in [9.17, 15) is 9.59 Å². The summed E-state index contributed by atoms with van der Waals surface area (Å²) in [6, 6.07) is 15.2. The average molecular weight is 416 g/mol. The number of nitrogens with zero attached hydrogens (tertiary/aromatic N) is 1. The highest BCUT2D eigenvalue weighted by Crippen LogP contribution is 2.27. The second-order valence-electron chi connectivity index (χ2n) is 7.22. The predicted octanol–water partition coefficient (Wildman–Crippen LogP) is 3.32. The summed E-state index contributed by atoms with van der Waals surface area (Å²) >= 11 is 6.04. The molecule has 0 aliphatic carbocycles. The lowest BCUT2D eigenvalue weighted by molar-refractivity contribution is -0.136. The molecule has 2 aromatic carbocycles. The lowest BCUT2D eigenvalue weighted by atomic mass is 9.96. The molecular formula is C22H26ClN3O3. The number of carbonyl (C=O) groups is 2. The molecule has 0 unspecified atom stereocenters. The van der Waals surface area contributed by atoms with Crippen molar-refractivity contribution < 1.29 is 14.3 Å². The van der Waals surface area contributed by atoms with E-state index < -0.39 is 11.8 Å². The lowest BCUT2D eigenvalue weighted by Crippen LogP contribution is -2.41. The van der Waals surface area contributed by atoms with Crippen molar-refractivity contribution in [2.45, 2.75) is 19.4 Å². The van der Waals surface area contributed by atoms with Crippen molar-refractivity contribution in [1.29, 1.82) is 0 Å². The van der Waals surface area contributed by atoms with Crippen molar-refractivity contribution in [2.75, 3.05) is 32.1 Å². The number of piperidine rings is 1. The Bertz CT molecular complexity index is 836. The number of hydrogen-bond donors (Lipinski definition) is 2. The summed E-state index contributed by atoms with van der Waals surface area (Å²) in [5, 5.41) is 5.67. The minimum absolute atomic E-state index is 0.368. The van der Waals surface area contributed by atoms with Crippen LogP contribution in [0.4, 0.5) is 5.69 Å². The molecule has 0 radical (unpaired) electrons. The van der Waals surface area contributed by atoms with Gasteiger partial charge in [0.25, 0.3) is 0 Å². The molecule has 0 bridgehead atoms. The van der Waals surface area contributed by atoms with Crippen LogP contribution in [0.5, 0.6) is 5.75 Å². The van der Waals surface area contributed by atoms with E-state index in [1.54, 1.807) is 18.2 Å². The van der Waals surface area contributed by atoms with E-state index in [0.29, 0.717) is 28.9 Å². The van der Waals surface area contributed by atoms with Gasteiger partial charge in [-0.3, -0.25) is 14.5 Å². The van der Waals surface area contributed by atoms with Gasteiger partial charge in [0.15, 0.2) is 0 Å². The normalized spacial score (nSPS) is 15.0. The van der Waals surface area contributed by atoms with Crippen LogP contribution < -0.4 is 15.4 Å². The highest BCUT2D eigenvalue weighted by atomic mass is 35.5. The summed E-state index contributed by atoms with van der Waals surface area (Å²) in [5.74, 6) is -0.446. The van der Waals surface area contributed by atoms with Gasteiger partial charge >= 0.3 is 11.8 Å². The Labute approximate surface area is 176 Å². The summed E-state index contributed by atoms with van der Waals surface area (Å²) < 4.78 is 5.07. The van der Waals surface area contributed by atoms with Crippen molar-refractivity contribution >= 4 is 29.1 Å². The van der Waals surface area contributed by atoms with Gasteiger partial charge in [-0.25, -0.2) is 0 Å². The highest BCUT2D eigenvalue weighted by Gasteiger charge is 2.21. The van der Waals surface area contributed by atoms with E-state index in [1.165, 1.54) is 12.7 Å². The molecule has 1 aliphatic heterocycles. The summed E-state index contributed by atoms with van der Waals surface area (Å²) in [6.07, 6.45) is 2.01. The van der Waals surface area contributed by atoms with Gasteiger partial charge in [0, 0.05) is 18.8 Å². The second kappa shape index (κ2) is 10.3. The van der Waals surface area contributed by atoms with Crippen LogP contribution in [0.2, 0.25) is 5.02 Å². The molecule has 6 nitrogen and oxygen atoms in total. The summed E-state index contributed by atoms with van der Waals surface area (Å²) in [6.45, 7) is 3.44. The Balaban J connectivity index is 1.39. The fraction of sp³-hybridized carbons (Fsp3) is 0.364. The zero-order valence-corrected chi connectivity index (χ0v) is 17.2. The molecule has 1 fully saturated rings. The molecular weight excluding hydrogens is 390 g/mol. The first kappa shape index (κ1) is 21.1. The van der Waals surface area contributed by atoms with Crippen LogP contribution in [0, 0.1) is 5.92 Å². The van der Waals surface area contributed by atoms with Crippen molar-refractivity contribution in [3.05, 3.63) is 59.1 Å². The summed E-state index contributed by atoms with van der Waals surface area (Å²) in [5.41, 5.74) is 1.76. The number of benzene rings is 2. The van der Waals surface area contributed by atoms with E-state index in [0.717, 1.165) is 32.5 Å². The minimum atomic E-state index is -0.701. The zero-order chi connectivity index (χ0) is 20.6. The number of anilines is 1. The molecule has 3 rings (SSSR count). The summed E-state index contributed by atoms with van der Waals surface area (Å²) in [7, 11) is 1.51. The third-order valence-corrected chi connectivity index (χ3v) is 5.42. The molecule has 1 heterocycles. The van der Waals surface area contributed by atoms with Gasteiger partial charge < -0.3 is 15.4 Å². The zero-order valence-electron chi connectivity index (χ0n) is 16.5. The molecule has 29 heavy (non-hydrogen) atoms. The number of rotatable bonds is 6. The Hall–Kier alpha value is -2.57. The van der Waals surface area contributed by atoms with Crippen LogP contribution in [0.1, 0.15) is 18.4 Å². The van der Waals surface area contributed by atoms with Crippen LogP contribution in [0.25, 0.3) is 0 Å². The van der Waals surface area contributed by atoms with Crippen LogP contribution in [-0.4, -0.2) is 43.5 Å². The van der Waals surface area contributed by atoms with E-state index in [4.69, 9.17) is 16.3 Å². The number of ether oxygens (including phenoxy) is 1. The number of amides is 2. The van der Waals surface area contributed by atoms with Crippen LogP contribution >= 0.6 is 11.6 Å². The number of halogens is 1. The van der Waals surface area contributed by atoms with E-state index in [2.05, 4.69) is 39.8 Å². The van der Waals surface area contributed by atoms with E-state index >= 15 is 0 Å². The fourth-order valence-corrected chi connectivity index (χ4v) is 3.70. The average Bonchev–Trinajstić information content (AvgIpc) is 2.74. The second-order valence-corrected chi connectivity index (χ2v) is 7.63. The maximum atomic E-state index is 12.1. The first-order valence-electron chi connectivity index (χ1n) is 9.74. The fourth-order valence-electron chi connectivity index (χ4n) is 3.44. The van der Waals surface area contributed by atoms with E-state index in [-0.39, 0.29) is 0 Å². The molecule has 154 valence electrons. The third-order valence-electron chi connectivity index (χ3n) is 5.12. The SMILES string of the molecule is COc1ccc(NC(=O)C(=O)NCC2CCN(Cc3ccccc3)CC2)cc1Cl. The molecule has 0 saturated carbocycles. The number of carbonyl (C=O) groups excluding carboxylic acids is 2. The molecule has 7 heteroatoms. The molecule has 2 aromatic rings. The molecule has 0 spiro atoms. The smallest absolute Gasteiger partial charge is 0.313 e. The van der Waals surface area contributed by atoms with Gasteiger partial charge in [-0.1, -0.05) is 41.9 Å². The molecule has 1 saturated heterocycles. The Morgan fingerprint density at radius 1 is 1.10 bits per heavy atom. The largest absolute Gasteiger partial charge is 0.495 e. The Morgan fingerprint density at radius 2 is 1.83 bits per heavy atom. The van der Waals surface area contributed by atoms with Gasteiger partial charge in [0.2, 0.25) is 0 Å². The van der Waals surface area contributed by atoms with Gasteiger partial charge in [0.1, 0.15) is 5.75 Å². The van der Waals surface area contributed by atoms with Gasteiger partial charge in [-0.2, -0.15) is 0 Å². The maximum Gasteiger partial charge on any atom is 0.313 e. The number of likely N-dealkylation sites (tertiary alicyclic amines) is 1. The Morgan fingerprint density at radius 3 is 2.48 bits per heavy atom. The van der Waals surface area contributed by atoms with Crippen molar-refractivity contribution in [3.8, 4) is 5.75 Å². The van der Waals surface area contributed by atoms with Gasteiger partial charge in [-0.15, -0.1) is 0 Å². The lowest BCUT2D eigenvalue weighted by Gasteiger charge is -2.32. The Kier molecular flexibility index (Phi) is 7.49. The quantitative estimate of drug-likeness (QED) is 0.710. The van der Waals surface area contributed by atoms with Crippen molar-refractivity contribution in [1.82, 2.24) is 10.2 Å². The van der Waals surface area contributed by atoms with Gasteiger partial charge in [0.05, 0.1) is 12.1 Å². The number of nitrogens with one attached hydrogen (secondary N) is 2. The topological polar surface area (TPSA) is 70.7 Å². The molecule has 2 amide bonds. The highest BCUT2D eigenvalue weighted by molar-refractivity contribution is 6.40. The minimum Gasteiger partial charge on any atom is -0.495 e. The first-order valence-corrected chi connectivity index (χ1v) is 10.1. The molecule has 1 aliphatic rings. The molecule has 2 N–H and O–H groups in total. The number of methoxy groups -OCH3 is 1. The number of hydrogen-bond acceptors (Lipinski definition) is 4. The van der Waals surface area contributed by atoms with Crippen molar-refractivity contribution in [3.63, 3.8) is 0 Å². The van der Waals surface area contributed by atoms with Crippen LogP contribution in [0.15, 0.2) is 48.5 Å². The van der Waals surface area contributed by atoms with E-state index in [1.807, 2.05) is 6.07 Å². The maximum absolute atomic E-state index is 12.1. The molecule has 0 atom stereocenters. The third kappa shape index (κ3) is 6.21. The predicted molar refractivity (Wildman–Crippen MR) is 114 cm³/mol.